The Morgan fingerprint density at radius 2 is 1.95 bits per heavy atom. The molecule has 0 radical (unpaired) electrons. The van der Waals surface area contributed by atoms with Crippen molar-refractivity contribution < 1.29 is 12.8 Å². The van der Waals surface area contributed by atoms with E-state index >= 15 is 0 Å². The predicted molar refractivity (Wildman–Crippen MR) is 85.6 cm³/mol. The van der Waals surface area contributed by atoms with Crippen LogP contribution in [0.15, 0.2) is 41.2 Å². The molecule has 2 N–H and O–H groups in total. The summed E-state index contributed by atoms with van der Waals surface area (Å²) in [6.45, 7) is 11.5. The van der Waals surface area contributed by atoms with Gasteiger partial charge in [-0.25, -0.2) is 12.8 Å². The lowest BCUT2D eigenvalue weighted by molar-refractivity contribution is 0.463. The van der Waals surface area contributed by atoms with Crippen LogP contribution in [0.5, 0.6) is 0 Å². The Labute approximate surface area is 126 Å². The zero-order chi connectivity index (χ0) is 16.6. The summed E-state index contributed by atoms with van der Waals surface area (Å²) in [5, 5.41) is -0.926. The summed E-state index contributed by atoms with van der Waals surface area (Å²) in [6.07, 6.45) is 4.41. The van der Waals surface area contributed by atoms with E-state index in [1.807, 2.05) is 0 Å². The number of aliphatic imine (C=N–C) groups is 1. The maximum absolute atomic E-state index is 14.2. The van der Waals surface area contributed by atoms with Crippen molar-refractivity contribution in [3.05, 3.63) is 36.2 Å². The van der Waals surface area contributed by atoms with Gasteiger partial charge in [-0.1, -0.05) is 18.7 Å². The molecule has 0 spiro atoms. The Morgan fingerprint density at radius 1 is 1.43 bits per heavy atom. The summed E-state index contributed by atoms with van der Waals surface area (Å²) in [4.78, 5) is 4.28. The molecular weight excluding hydrogens is 291 g/mol. The summed E-state index contributed by atoms with van der Waals surface area (Å²) < 4.78 is 38.2. The zero-order valence-electron chi connectivity index (χ0n) is 13.1. The molecule has 0 aliphatic carbocycles. The van der Waals surface area contributed by atoms with E-state index in [-0.39, 0.29) is 11.4 Å². The highest BCUT2D eigenvalue weighted by Gasteiger charge is 2.55. The molecule has 0 aromatic rings. The highest BCUT2D eigenvalue weighted by Crippen LogP contribution is 2.41. The Morgan fingerprint density at radius 3 is 2.43 bits per heavy atom. The fraction of sp³-hybridized carbons (Fsp3) is 0.533. The van der Waals surface area contributed by atoms with Crippen LogP contribution in [-0.4, -0.2) is 29.8 Å². The van der Waals surface area contributed by atoms with Crippen LogP contribution in [0.2, 0.25) is 0 Å². The number of hydrogen-bond acceptors (Lipinski definition) is 4. The molecule has 21 heavy (non-hydrogen) atoms. The molecule has 0 aromatic heterocycles. The van der Waals surface area contributed by atoms with Crippen molar-refractivity contribution in [1.29, 1.82) is 0 Å². The third-order valence-corrected chi connectivity index (χ3v) is 7.29. The lowest BCUT2D eigenvalue weighted by Crippen LogP contribution is -2.60. The van der Waals surface area contributed by atoms with E-state index in [0.717, 1.165) is 0 Å². The number of allylic oxidation sites excluding steroid dienone is 3. The molecule has 0 fully saturated rings. The molecule has 1 heterocycles. The van der Waals surface area contributed by atoms with Gasteiger partial charge in [-0.2, -0.15) is 0 Å². The smallest absolute Gasteiger partial charge is 0.167 e. The third kappa shape index (κ3) is 2.57. The first-order valence-electron chi connectivity index (χ1n) is 6.70. The average Bonchev–Trinajstić information content (AvgIpc) is 2.40. The molecule has 0 saturated heterocycles. The average molecular weight is 314 g/mol. The van der Waals surface area contributed by atoms with Gasteiger partial charge in [0, 0.05) is 5.57 Å². The van der Waals surface area contributed by atoms with Crippen LogP contribution in [0.25, 0.3) is 0 Å². The summed E-state index contributed by atoms with van der Waals surface area (Å²) in [5.41, 5.74) is 4.53. The Kier molecular flexibility index (Phi) is 4.53. The summed E-state index contributed by atoms with van der Waals surface area (Å²) >= 11 is 0. The first-order chi connectivity index (χ1) is 9.42. The van der Waals surface area contributed by atoms with Gasteiger partial charge in [0.05, 0.1) is 5.25 Å². The normalized spacial score (nSPS) is 32.0. The lowest BCUT2D eigenvalue weighted by atomic mass is 9.88. The van der Waals surface area contributed by atoms with Crippen LogP contribution in [-0.2, 0) is 9.84 Å². The standard InChI is InChI=1S/C15H23FN2O2S/c1-7-8-9-12(16)10(2)15(6)11(3)21(19,20)14(4,5)13(17)18-15/h7-9,11H,2H2,1,3-6H3,(H2,17,18)/b8-7-,12-9+/t11-,15-/m1/s1. The molecular formula is C15H23FN2O2S. The van der Waals surface area contributed by atoms with Crippen LogP contribution >= 0.6 is 0 Å². The van der Waals surface area contributed by atoms with E-state index in [4.69, 9.17) is 5.73 Å². The first kappa shape index (κ1) is 17.6. The molecule has 0 bridgehead atoms. The zero-order valence-corrected chi connectivity index (χ0v) is 14.0. The monoisotopic (exact) mass is 314 g/mol. The van der Waals surface area contributed by atoms with Crippen molar-refractivity contribution in [3.8, 4) is 0 Å². The SMILES string of the molecule is C=C(/C(F)=C\C=C/C)[C@@]1(C)N=C(N)C(C)(C)S(=O)(=O)[C@@H]1C. The number of sulfone groups is 1. The van der Waals surface area contributed by atoms with Crippen molar-refractivity contribution in [1.82, 2.24) is 0 Å². The van der Waals surface area contributed by atoms with Crippen LogP contribution in [0.4, 0.5) is 4.39 Å². The molecule has 4 nitrogen and oxygen atoms in total. The maximum atomic E-state index is 14.2. The van der Waals surface area contributed by atoms with Gasteiger partial charge in [-0.3, -0.25) is 4.99 Å². The molecule has 0 amide bonds. The van der Waals surface area contributed by atoms with Crippen LogP contribution < -0.4 is 5.73 Å². The summed E-state index contributed by atoms with van der Waals surface area (Å²) in [5.74, 6) is -0.628. The molecule has 1 aliphatic heterocycles. The second-order valence-corrected chi connectivity index (χ2v) is 8.68. The van der Waals surface area contributed by atoms with Crippen LogP contribution in [0, 0.1) is 0 Å². The number of halogens is 1. The second kappa shape index (κ2) is 5.40. The Bertz CT molecular complexity index is 645. The molecule has 0 aromatic carbocycles. The Balaban J connectivity index is 3.49. The number of amidine groups is 1. The van der Waals surface area contributed by atoms with E-state index in [9.17, 15) is 12.8 Å². The summed E-state index contributed by atoms with van der Waals surface area (Å²) in [7, 11) is -3.62. The van der Waals surface area contributed by atoms with Crippen LogP contribution in [0.1, 0.15) is 34.6 Å². The third-order valence-electron chi connectivity index (χ3n) is 4.27. The topological polar surface area (TPSA) is 72.5 Å². The van der Waals surface area contributed by atoms with Gasteiger partial charge in [0.15, 0.2) is 9.84 Å². The Hall–Kier alpha value is -1.43. The largest absolute Gasteiger partial charge is 0.386 e. The number of nitrogens with two attached hydrogens (primary N) is 1. The van der Waals surface area contributed by atoms with E-state index < -0.39 is 31.2 Å². The second-order valence-electron chi connectivity index (χ2n) is 5.86. The number of nitrogens with zero attached hydrogens (tertiary/aromatic N) is 1. The van der Waals surface area contributed by atoms with Crippen LogP contribution in [0.3, 0.4) is 0 Å². The van der Waals surface area contributed by atoms with Gasteiger partial charge in [0.25, 0.3) is 0 Å². The van der Waals surface area contributed by atoms with Crippen molar-refractivity contribution in [2.75, 3.05) is 0 Å². The van der Waals surface area contributed by atoms with Gasteiger partial charge < -0.3 is 5.73 Å². The molecule has 1 aliphatic rings. The summed E-state index contributed by atoms with van der Waals surface area (Å²) in [6, 6.07) is 0. The molecule has 2 atom stereocenters. The molecule has 118 valence electrons. The number of rotatable bonds is 3. The first-order valence-corrected chi connectivity index (χ1v) is 8.25. The van der Waals surface area contributed by atoms with Gasteiger partial charge in [-0.05, 0) is 40.7 Å². The highest BCUT2D eigenvalue weighted by atomic mass is 32.2. The van der Waals surface area contributed by atoms with Gasteiger partial charge in [0.1, 0.15) is 21.9 Å². The minimum Gasteiger partial charge on any atom is -0.386 e. The molecule has 0 unspecified atom stereocenters. The predicted octanol–water partition coefficient (Wildman–Crippen LogP) is 2.68. The quantitative estimate of drug-likeness (QED) is 0.814. The van der Waals surface area contributed by atoms with Gasteiger partial charge in [-0.15, -0.1) is 0 Å². The maximum Gasteiger partial charge on any atom is 0.167 e. The fourth-order valence-corrected chi connectivity index (χ4v) is 4.22. The van der Waals surface area contributed by atoms with E-state index in [1.165, 1.54) is 32.9 Å². The lowest BCUT2D eigenvalue weighted by Gasteiger charge is -2.43. The molecule has 1 rings (SSSR count). The van der Waals surface area contributed by atoms with E-state index in [2.05, 4.69) is 11.6 Å². The molecule has 6 heteroatoms. The minimum absolute atomic E-state index is 0.00938. The van der Waals surface area contributed by atoms with Crippen molar-refractivity contribution >= 4 is 15.7 Å². The highest BCUT2D eigenvalue weighted by molar-refractivity contribution is 7.94. The van der Waals surface area contributed by atoms with Gasteiger partial charge >= 0.3 is 0 Å². The van der Waals surface area contributed by atoms with Crippen molar-refractivity contribution in [3.63, 3.8) is 0 Å². The van der Waals surface area contributed by atoms with E-state index in [1.54, 1.807) is 19.9 Å². The van der Waals surface area contributed by atoms with Gasteiger partial charge in [0.2, 0.25) is 0 Å². The molecule has 0 saturated carbocycles. The minimum atomic E-state index is -3.62. The fourth-order valence-electron chi connectivity index (χ4n) is 2.20. The van der Waals surface area contributed by atoms with Crippen molar-refractivity contribution in [2.45, 2.75) is 50.2 Å². The van der Waals surface area contributed by atoms with E-state index in [0.29, 0.717) is 0 Å². The van der Waals surface area contributed by atoms with Crippen molar-refractivity contribution in [2.24, 2.45) is 10.7 Å². The number of hydrogen-bond donors (Lipinski definition) is 1.